The molecule has 0 saturated heterocycles. The Labute approximate surface area is 120 Å². The van der Waals surface area contributed by atoms with Crippen LogP contribution in [0, 0.1) is 10.1 Å². The Kier molecular flexibility index (Phi) is 4.60. The van der Waals surface area contributed by atoms with Crippen LogP contribution in [0.2, 0.25) is 0 Å². The molecule has 0 atom stereocenters. The number of rotatable bonds is 5. The number of nitrogens with zero attached hydrogens (tertiary/aromatic N) is 1. The van der Waals surface area contributed by atoms with Crippen LogP contribution in [-0.2, 0) is 6.61 Å². The van der Waals surface area contributed by atoms with Crippen LogP contribution in [-0.4, -0.2) is 17.1 Å². The number of ether oxygens (including phenoxy) is 1. The van der Waals surface area contributed by atoms with E-state index in [2.05, 4.69) is 0 Å². The van der Waals surface area contributed by atoms with E-state index >= 15 is 0 Å². The fourth-order valence-electron chi connectivity index (χ4n) is 1.73. The lowest BCUT2D eigenvalue weighted by Gasteiger charge is -2.06. The number of nitro groups is 1. The summed E-state index contributed by atoms with van der Waals surface area (Å²) in [6, 6.07) is 12.2. The molecule has 0 radical (unpaired) electrons. The van der Waals surface area contributed by atoms with E-state index in [-0.39, 0.29) is 12.3 Å². The van der Waals surface area contributed by atoms with Crippen molar-refractivity contribution in [1.82, 2.24) is 0 Å². The average Bonchev–Trinajstić information content (AvgIpc) is 2.47. The van der Waals surface area contributed by atoms with Crippen molar-refractivity contribution >= 4 is 17.4 Å². The zero-order valence-corrected chi connectivity index (χ0v) is 11.6. The molecule has 0 amide bonds. The number of methoxy groups -OCH3 is 1. The first-order valence-corrected chi connectivity index (χ1v) is 6.66. The molecule has 6 heteroatoms. The third-order valence-electron chi connectivity index (χ3n) is 2.69. The first-order chi connectivity index (χ1) is 9.63. The molecule has 0 unspecified atom stereocenters. The summed E-state index contributed by atoms with van der Waals surface area (Å²) in [7, 11) is 1.60. The summed E-state index contributed by atoms with van der Waals surface area (Å²) in [4.78, 5) is 12.1. The maximum absolute atomic E-state index is 10.8. The van der Waals surface area contributed by atoms with E-state index in [1.807, 2.05) is 24.3 Å². The van der Waals surface area contributed by atoms with E-state index in [0.29, 0.717) is 5.56 Å². The zero-order chi connectivity index (χ0) is 14.5. The van der Waals surface area contributed by atoms with Gasteiger partial charge in [-0.2, -0.15) is 0 Å². The molecule has 0 aromatic heterocycles. The van der Waals surface area contributed by atoms with Crippen LogP contribution in [0.5, 0.6) is 5.75 Å². The molecular weight excluding hydrogens is 278 g/mol. The third-order valence-corrected chi connectivity index (χ3v) is 3.67. The molecule has 0 spiro atoms. The van der Waals surface area contributed by atoms with Gasteiger partial charge in [-0.05, 0) is 30.3 Å². The van der Waals surface area contributed by atoms with Crippen molar-refractivity contribution in [1.29, 1.82) is 0 Å². The van der Waals surface area contributed by atoms with E-state index in [0.717, 1.165) is 15.5 Å². The maximum Gasteiger partial charge on any atom is 0.274 e. The molecule has 0 aliphatic carbocycles. The molecule has 2 rings (SSSR count). The fraction of sp³-hybridized carbons (Fsp3) is 0.143. The summed E-state index contributed by atoms with van der Waals surface area (Å²) in [6.45, 7) is -0.358. The van der Waals surface area contributed by atoms with Crippen molar-refractivity contribution in [3.05, 3.63) is 58.1 Å². The first kappa shape index (κ1) is 14.4. The Bertz CT molecular complexity index is 630. The van der Waals surface area contributed by atoms with E-state index in [9.17, 15) is 15.2 Å². The summed E-state index contributed by atoms with van der Waals surface area (Å²) >= 11 is 1.45. The molecule has 104 valence electrons. The smallest absolute Gasteiger partial charge is 0.274 e. The van der Waals surface area contributed by atoms with Crippen molar-refractivity contribution in [2.45, 2.75) is 16.4 Å². The van der Waals surface area contributed by atoms with Crippen molar-refractivity contribution in [2.24, 2.45) is 0 Å². The summed E-state index contributed by atoms with van der Waals surface area (Å²) < 4.78 is 5.15. The maximum atomic E-state index is 10.8. The van der Waals surface area contributed by atoms with Crippen LogP contribution in [0.4, 0.5) is 5.69 Å². The second kappa shape index (κ2) is 6.40. The highest BCUT2D eigenvalue weighted by atomic mass is 32.2. The van der Waals surface area contributed by atoms with Gasteiger partial charge >= 0.3 is 0 Å². The van der Waals surface area contributed by atoms with Crippen molar-refractivity contribution < 1.29 is 14.8 Å². The predicted octanol–water partition coefficient (Wildman–Crippen LogP) is 3.25. The summed E-state index contributed by atoms with van der Waals surface area (Å²) in [5.41, 5.74) is 0.241. The second-order valence-electron chi connectivity index (χ2n) is 3.99. The van der Waals surface area contributed by atoms with Crippen LogP contribution in [0.25, 0.3) is 0 Å². The van der Waals surface area contributed by atoms with E-state index < -0.39 is 4.92 Å². The molecule has 2 aromatic carbocycles. The number of hydrogen-bond acceptors (Lipinski definition) is 5. The lowest BCUT2D eigenvalue weighted by molar-refractivity contribution is -0.385. The van der Waals surface area contributed by atoms with Crippen molar-refractivity contribution in [3.8, 4) is 5.75 Å². The van der Waals surface area contributed by atoms with Crippen LogP contribution in [0.3, 0.4) is 0 Å². The van der Waals surface area contributed by atoms with Gasteiger partial charge in [-0.25, -0.2) is 0 Å². The van der Waals surface area contributed by atoms with Crippen LogP contribution in [0.1, 0.15) is 5.56 Å². The SMILES string of the molecule is COc1cccc(Sc2ccc([N+](=O)[O-])c(CO)c2)c1. The number of hydrogen-bond donors (Lipinski definition) is 1. The minimum Gasteiger partial charge on any atom is -0.497 e. The Hall–Kier alpha value is -2.05. The molecule has 0 aliphatic heterocycles. The number of nitro benzene ring substituents is 1. The van der Waals surface area contributed by atoms with Gasteiger partial charge in [0.2, 0.25) is 0 Å². The van der Waals surface area contributed by atoms with Gasteiger partial charge in [0, 0.05) is 15.9 Å². The van der Waals surface area contributed by atoms with E-state index in [1.165, 1.54) is 17.8 Å². The summed E-state index contributed by atoms with van der Waals surface area (Å²) in [5.74, 6) is 0.749. The lowest BCUT2D eigenvalue weighted by Crippen LogP contribution is -1.95. The molecule has 0 aliphatic rings. The Morgan fingerprint density at radius 3 is 2.65 bits per heavy atom. The summed E-state index contributed by atoms with van der Waals surface area (Å²) in [5, 5.41) is 20.0. The zero-order valence-electron chi connectivity index (χ0n) is 10.8. The van der Waals surface area contributed by atoms with Gasteiger partial charge in [-0.3, -0.25) is 10.1 Å². The van der Waals surface area contributed by atoms with E-state index in [4.69, 9.17) is 4.74 Å². The van der Waals surface area contributed by atoms with Gasteiger partial charge < -0.3 is 9.84 Å². The molecule has 0 heterocycles. The van der Waals surface area contributed by atoms with E-state index in [1.54, 1.807) is 19.2 Å². The predicted molar refractivity (Wildman–Crippen MR) is 76.1 cm³/mol. The number of benzene rings is 2. The quantitative estimate of drug-likeness (QED) is 0.676. The highest BCUT2D eigenvalue weighted by molar-refractivity contribution is 7.99. The van der Waals surface area contributed by atoms with Crippen LogP contribution in [0.15, 0.2) is 52.3 Å². The molecule has 0 fully saturated rings. The molecule has 0 saturated carbocycles. The van der Waals surface area contributed by atoms with Gasteiger partial charge in [-0.1, -0.05) is 17.8 Å². The highest BCUT2D eigenvalue weighted by Crippen LogP contribution is 2.32. The van der Waals surface area contributed by atoms with Crippen LogP contribution >= 0.6 is 11.8 Å². The topological polar surface area (TPSA) is 72.6 Å². The third kappa shape index (κ3) is 3.28. The molecule has 20 heavy (non-hydrogen) atoms. The van der Waals surface area contributed by atoms with Crippen molar-refractivity contribution in [2.75, 3.05) is 7.11 Å². The number of aliphatic hydroxyl groups excluding tert-OH is 1. The first-order valence-electron chi connectivity index (χ1n) is 5.84. The Morgan fingerprint density at radius 1 is 1.25 bits per heavy atom. The Balaban J connectivity index is 2.27. The van der Waals surface area contributed by atoms with Crippen LogP contribution < -0.4 is 4.74 Å². The van der Waals surface area contributed by atoms with Crippen molar-refractivity contribution in [3.63, 3.8) is 0 Å². The van der Waals surface area contributed by atoms with Gasteiger partial charge in [0.25, 0.3) is 5.69 Å². The second-order valence-corrected chi connectivity index (χ2v) is 5.13. The van der Waals surface area contributed by atoms with Gasteiger partial charge in [0.15, 0.2) is 0 Å². The normalized spacial score (nSPS) is 10.3. The number of aliphatic hydroxyl groups is 1. The largest absolute Gasteiger partial charge is 0.497 e. The minimum atomic E-state index is -0.494. The average molecular weight is 291 g/mol. The van der Waals surface area contributed by atoms with Gasteiger partial charge in [0.05, 0.1) is 24.2 Å². The lowest BCUT2D eigenvalue weighted by atomic mass is 10.2. The highest BCUT2D eigenvalue weighted by Gasteiger charge is 2.13. The molecule has 2 aromatic rings. The summed E-state index contributed by atoms with van der Waals surface area (Å²) in [6.07, 6.45) is 0. The van der Waals surface area contributed by atoms with Gasteiger partial charge in [0.1, 0.15) is 5.75 Å². The molecule has 5 nitrogen and oxygen atoms in total. The monoisotopic (exact) mass is 291 g/mol. The minimum absolute atomic E-state index is 0.0671. The molecular formula is C14H13NO4S. The molecule has 0 bridgehead atoms. The van der Waals surface area contributed by atoms with Gasteiger partial charge in [-0.15, -0.1) is 0 Å². The molecule has 1 N–H and O–H groups in total. The fourth-order valence-corrected chi connectivity index (χ4v) is 2.66. The standard InChI is InChI=1S/C14H13NO4S/c1-19-11-3-2-4-12(8-11)20-13-5-6-14(15(17)18)10(7-13)9-16/h2-8,16H,9H2,1H3. The Morgan fingerprint density at radius 2 is 2.00 bits per heavy atom.